The highest BCUT2D eigenvalue weighted by atomic mass is 32.2. The number of thiazole rings is 2. The van der Waals surface area contributed by atoms with E-state index in [0.717, 1.165) is 4.21 Å². The molecule has 4 heterocycles. The zero-order valence-electron chi connectivity index (χ0n) is 13.4. The van der Waals surface area contributed by atoms with Crippen molar-refractivity contribution < 1.29 is 4.21 Å². The van der Waals surface area contributed by atoms with E-state index in [2.05, 4.69) is 29.9 Å². The fraction of sp³-hybridized carbons (Fsp3) is 0. The standard InChI is InChI=1S/C14H10N8OS4/c15-22(13-20-7-9(25-13)24-11-16-3-1-4-17-11)14-21-8-10(26-14)27(23)12-18-5-2-6-19-12/h1-8H,15H2. The van der Waals surface area contributed by atoms with Gasteiger partial charge in [-0.15, -0.1) is 0 Å². The Bertz CT molecular complexity index is 1060. The molecule has 0 saturated heterocycles. The van der Waals surface area contributed by atoms with Crippen LogP contribution in [0.2, 0.25) is 0 Å². The average molecular weight is 435 g/mol. The van der Waals surface area contributed by atoms with Gasteiger partial charge in [-0.3, -0.25) is 0 Å². The molecule has 27 heavy (non-hydrogen) atoms. The third kappa shape index (κ3) is 4.17. The fourth-order valence-corrected chi connectivity index (χ4v) is 5.56. The molecule has 0 saturated carbocycles. The molecule has 0 aromatic carbocycles. The maximum absolute atomic E-state index is 12.5. The Morgan fingerprint density at radius 1 is 0.889 bits per heavy atom. The summed E-state index contributed by atoms with van der Waals surface area (Å²) in [6.07, 6.45) is 9.66. The summed E-state index contributed by atoms with van der Waals surface area (Å²) < 4.78 is 13.9. The van der Waals surface area contributed by atoms with Gasteiger partial charge in [-0.25, -0.2) is 45.0 Å². The number of anilines is 2. The molecule has 0 spiro atoms. The third-order valence-electron chi connectivity index (χ3n) is 2.98. The molecule has 4 aromatic heterocycles. The van der Waals surface area contributed by atoms with Crippen LogP contribution in [0.4, 0.5) is 10.3 Å². The minimum Gasteiger partial charge on any atom is -0.245 e. The molecule has 0 fully saturated rings. The van der Waals surface area contributed by atoms with Crippen LogP contribution in [-0.4, -0.2) is 34.1 Å². The lowest BCUT2D eigenvalue weighted by atomic mass is 10.7. The van der Waals surface area contributed by atoms with Crippen molar-refractivity contribution in [2.24, 2.45) is 5.84 Å². The Morgan fingerprint density at radius 2 is 1.52 bits per heavy atom. The summed E-state index contributed by atoms with van der Waals surface area (Å²) in [7, 11) is -1.51. The van der Waals surface area contributed by atoms with Crippen molar-refractivity contribution in [3.05, 3.63) is 49.3 Å². The second-order valence-corrected chi connectivity index (χ2v) is 9.61. The molecule has 1 unspecified atom stereocenters. The van der Waals surface area contributed by atoms with E-state index < -0.39 is 10.8 Å². The summed E-state index contributed by atoms with van der Waals surface area (Å²) in [6.45, 7) is 0. The van der Waals surface area contributed by atoms with E-state index in [0.29, 0.717) is 19.6 Å². The summed E-state index contributed by atoms with van der Waals surface area (Å²) in [6, 6.07) is 3.42. The molecule has 0 aliphatic carbocycles. The summed E-state index contributed by atoms with van der Waals surface area (Å²) in [5, 5.41) is 3.24. The smallest absolute Gasteiger partial charge is 0.224 e. The van der Waals surface area contributed by atoms with Gasteiger partial charge in [0.1, 0.15) is 15.0 Å². The molecule has 0 bridgehead atoms. The van der Waals surface area contributed by atoms with Crippen LogP contribution >= 0.6 is 34.4 Å². The minimum absolute atomic E-state index is 0.229. The predicted octanol–water partition coefficient (Wildman–Crippen LogP) is 2.51. The highest BCUT2D eigenvalue weighted by molar-refractivity contribution is 8.01. The van der Waals surface area contributed by atoms with E-state index >= 15 is 0 Å². The van der Waals surface area contributed by atoms with Crippen molar-refractivity contribution >= 4 is 55.5 Å². The van der Waals surface area contributed by atoms with Crippen LogP contribution in [-0.2, 0) is 10.8 Å². The molecule has 0 radical (unpaired) electrons. The van der Waals surface area contributed by atoms with E-state index in [9.17, 15) is 4.21 Å². The monoisotopic (exact) mass is 434 g/mol. The highest BCUT2D eigenvalue weighted by Crippen LogP contribution is 2.36. The third-order valence-corrected chi connectivity index (χ3v) is 7.48. The Kier molecular flexibility index (Phi) is 5.45. The van der Waals surface area contributed by atoms with Crippen LogP contribution in [0.25, 0.3) is 0 Å². The molecular weight excluding hydrogens is 424 g/mol. The first kappa shape index (κ1) is 18.1. The van der Waals surface area contributed by atoms with Gasteiger partial charge in [-0.2, -0.15) is 0 Å². The van der Waals surface area contributed by atoms with Gasteiger partial charge in [0.15, 0.2) is 5.16 Å². The molecule has 136 valence electrons. The van der Waals surface area contributed by atoms with Gasteiger partial charge in [0.05, 0.1) is 16.6 Å². The van der Waals surface area contributed by atoms with Crippen LogP contribution < -0.4 is 10.9 Å². The van der Waals surface area contributed by atoms with Gasteiger partial charge in [0.25, 0.3) is 0 Å². The summed E-state index contributed by atoms with van der Waals surface area (Å²) in [4.78, 5) is 24.9. The molecule has 0 aliphatic rings. The van der Waals surface area contributed by atoms with Crippen molar-refractivity contribution in [3.63, 3.8) is 0 Å². The molecule has 1 atom stereocenters. The molecule has 4 aromatic rings. The first-order chi connectivity index (χ1) is 13.2. The van der Waals surface area contributed by atoms with Gasteiger partial charge >= 0.3 is 0 Å². The van der Waals surface area contributed by atoms with E-state index in [1.807, 2.05) is 0 Å². The lowest BCUT2D eigenvalue weighted by Gasteiger charge is -2.09. The highest BCUT2D eigenvalue weighted by Gasteiger charge is 2.18. The Morgan fingerprint density at radius 3 is 2.26 bits per heavy atom. The van der Waals surface area contributed by atoms with Crippen LogP contribution in [0.5, 0.6) is 0 Å². The SMILES string of the molecule is NN(c1ncc(Sc2ncccn2)s1)c1ncc(S(=O)c2ncccn2)s1. The zero-order chi connectivity index (χ0) is 18.6. The van der Waals surface area contributed by atoms with Crippen molar-refractivity contribution in [1.82, 2.24) is 29.9 Å². The summed E-state index contributed by atoms with van der Waals surface area (Å²) >= 11 is 3.98. The topological polar surface area (TPSA) is 124 Å². The maximum Gasteiger partial charge on any atom is 0.224 e. The van der Waals surface area contributed by atoms with E-state index in [1.165, 1.54) is 45.6 Å². The fourth-order valence-electron chi connectivity index (χ4n) is 1.84. The lowest BCUT2D eigenvalue weighted by molar-refractivity contribution is 0.677. The van der Waals surface area contributed by atoms with Crippen molar-refractivity contribution in [3.8, 4) is 0 Å². The van der Waals surface area contributed by atoms with Crippen LogP contribution in [0.15, 0.2) is 68.0 Å². The predicted molar refractivity (Wildman–Crippen MR) is 103 cm³/mol. The van der Waals surface area contributed by atoms with Crippen molar-refractivity contribution in [2.45, 2.75) is 18.7 Å². The Labute approximate surface area is 168 Å². The van der Waals surface area contributed by atoms with E-state index in [4.69, 9.17) is 5.84 Å². The Balaban J connectivity index is 1.50. The van der Waals surface area contributed by atoms with Gasteiger partial charge < -0.3 is 0 Å². The van der Waals surface area contributed by atoms with Crippen molar-refractivity contribution in [1.29, 1.82) is 0 Å². The molecule has 0 aliphatic heterocycles. The average Bonchev–Trinajstić information content (AvgIpc) is 3.38. The molecular formula is C14H10N8OS4. The second kappa shape index (κ2) is 8.14. The van der Waals surface area contributed by atoms with Gasteiger partial charge in [0, 0.05) is 24.8 Å². The number of hydrogen-bond acceptors (Lipinski definition) is 12. The first-order valence-corrected chi connectivity index (χ1v) is 10.9. The number of hydrogen-bond donors (Lipinski definition) is 1. The zero-order valence-corrected chi connectivity index (χ0v) is 16.6. The first-order valence-electron chi connectivity index (χ1n) is 7.31. The molecule has 4 rings (SSSR count). The minimum atomic E-state index is -1.51. The van der Waals surface area contributed by atoms with E-state index in [1.54, 1.807) is 43.1 Å². The molecule has 2 N–H and O–H groups in total. The summed E-state index contributed by atoms with van der Waals surface area (Å²) in [5.41, 5.74) is 0. The van der Waals surface area contributed by atoms with Crippen molar-refractivity contribution in [2.75, 3.05) is 5.01 Å². The van der Waals surface area contributed by atoms with E-state index in [-0.39, 0.29) is 5.16 Å². The Hall–Kier alpha value is -2.32. The number of aromatic nitrogens is 6. The summed E-state index contributed by atoms with van der Waals surface area (Å²) in [5.74, 6) is 6.13. The van der Waals surface area contributed by atoms with Gasteiger partial charge in [0.2, 0.25) is 15.4 Å². The van der Waals surface area contributed by atoms with Crippen LogP contribution in [0, 0.1) is 0 Å². The second-order valence-electron chi connectivity index (χ2n) is 4.73. The lowest BCUT2D eigenvalue weighted by Crippen LogP contribution is -2.24. The largest absolute Gasteiger partial charge is 0.245 e. The number of hydrazine groups is 1. The van der Waals surface area contributed by atoms with Gasteiger partial charge in [-0.05, 0) is 23.9 Å². The number of nitrogens with zero attached hydrogens (tertiary/aromatic N) is 7. The molecule has 13 heteroatoms. The normalized spacial score (nSPS) is 12.0. The van der Waals surface area contributed by atoms with Crippen LogP contribution in [0.1, 0.15) is 0 Å². The number of rotatable bonds is 6. The number of nitrogens with two attached hydrogens (primary N) is 1. The van der Waals surface area contributed by atoms with Crippen LogP contribution in [0.3, 0.4) is 0 Å². The maximum atomic E-state index is 12.5. The quantitative estimate of drug-likeness (QED) is 0.275. The molecule has 9 nitrogen and oxygen atoms in total. The molecule has 0 amide bonds. The van der Waals surface area contributed by atoms with Gasteiger partial charge in [-0.1, -0.05) is 22.7 Å².